The minimum atomic E-state index is 0.207. The van der Waals surface area contributed by atoms with Crippen molar-refractivity contribution in [3.8, 4) is 0 Å². The van der Waals surface area contributed by atoms with Crippen LogP contribution in [0.5, 0.6) is 0 Å². The summed E-state index contributed by atoms with van der Waals surface area (Å²) in [5.41, 5.74) is 6.50. The Hall–Kier alpha value is -1.45. The Morgan fingerprint density at radius 3 is 3.00 bits per heavy atom. The summed E-state index contributed by atoms with van der Waals surface area (Å²) in [5, 5.41) is 11.8. The average molecular weight is 233 g/mol. The second-order valence-electron chi connectivity index (χ2n) is 5.47. The van der Waals surface area contributed by atoms with Crippen molar-refractivity contribution < 1.29 is 5.21 Å². The van der Waals surface area contributed by atoms with E-state index in [1.807, 2.05) is 18.3 Å². The molecule has 0 amide bonds. The number of fused-ring (bicyclic) bond motifs is 2. The number of aromatic nitrogens is 1. The minimum Gasteiger partial charge on any atom is -0.409 e. The van der Waals surface area contributed by atoms with Crippen LogP contribution in [0.3, 0.4) is 0 Å². The quantitative estimate of drug-likeness (QED) is 0.363. The highest BCUT2D eigenvalue weighted by atomic mass is 16.4. The molecule has 3 atom stereocenters. The molecule has 3 unspecified atom stereocenters. The molecule has 92 valence electrons. The highest BCUT2D eigenvalue weighted by Gasteiger charge is 2.39. The number of hydrogen-bond donors (Lipinski definition) is 2. The van der Waals surface area contributed by atoms with Crippen LogP contribution in [0.1, 0.15) is 31.4 Å². The Labute approximate surface area is 101 Å². The number of nitrogens with zero attached hydrogens (tertiary/aromatic N) is 2. The second kappa shape index (κ2) is 4.09. The van der Waals surface area contributed by atoms with Crippen molar-refractivity contribution in [3.05, 3.63) is 24.0 Å². The number of oxime groups is 1. The molecule has 3 N–H and O–H groups in total. The van der Waals surface area contributed by atoms with Gasteiger partial charge in [0, 0.05) is 12.7 Å². The Kier molecular flexibility index (Phi) is 2.57. The Morgan fingerprint density at radius 1 is 1.47 bits per heavy atom. The topological polar surface area (TPSA) is 63.5 Å². The van der Waals surface area contributed by atoms with Gasteiger partial charge < -0.3 is 15.5 Å². The molecule has 3 rings (SSSR count). The lowest BCUT2D eigenvalue weighted by molar-refractivity contribution is 0.294. The average Bonchev–Trinajstić information content (AvgIpc) is 3.03. The van der Waals surface area contributed by atoms with Crippen LogP contribution in [0.4, 0.5) is 0 Å². The zero-order chi connectivity index (χ0) is 11.8. The molecule has 0 saturated heterocycles. The molecule has 4 heteroatoms. The van der Waals surface area contributed by atoms with Gasteiger partial charge in [-0.3, -0.25) is 0 Å². The zero-order valence-corrected chi connectivity index (χ0v) is 9.92. The third-order valence-electron chi connectivity index (χ3n) is 4.52. The molecule has 0 aromatic carbocycles. The van der Waals surface area contributed by atoms with Gasteiger partial charge in [-0.1, -0.05) is 11.6 Å². The zero-order valence-electron chi connectivity index (χ0n) is 9.92. The van der Waals surface area contributed by atoms with Gasteiger partial charge in [-0.15, -0.1) is 0 Å². The molecular formula is C13H19N3O. The summed E-state index contributed by atoms with van der Waals surface area (Å²) in [7, 11) is 0. The van der Waals surface area contributed by atoms with E-state index in [1.165, 1.54) is 25.7 Å². The molecule has 2 aliphatic carbocycles. The van der Waals surface area contributed by atoms with Gasteiger partial charge in [0.25, 0.3) is 0 Å². The van der Waals surface area contributed by atoms with Gasteiger partial charge in [-0.2, -0.15) is 0 Å². The van der Waals surface area contributed by atoms with Crippen LogP contribution >= 0.6 is 0 Å². The molecule has 0 radical (unpaired) electrons. The van der Waals surface area contributed by atoms with Crippen molar-refractivity contribution >= 4 is 5.84 Å². The summed E-state index contributed by atoms with van der Waals surface area (Å²) < 4.78 is 2.13. The van der Waals surface area contributed by atoms with Gasteiger partial charge in [-0.25, -0.2) is 0 Å². The van der Waals surface area contributed by atoms with Gasteiger partial charge in [0.15, 0.2) is 5.84 Å². The molecule has 2 bridgehead atoms. The summed E-state index contributed by atoms with van der Waals surface area (Å²) in [6.45, 7) is 1.01. The third kappa shape index (κ3) is 1.81. The summed E-state index contributed by atoms with van der Waals surface area (Å²) in [6, 6.07) is 3.86. The van der Waals surface area contributed by atoms with E-state index in [-0.39, 0.29) is 5.84 Å². The summed E-state index contributed by atoms with van der Waals surface area (Å²) in [4.78, 5) is 0. The van der Waals surface area contributed by atoms with Crippen molar-refractivity contribution in [1.82, 2.24) is 4.57 Å². The maximum atomic E-state index is 8.75. The van der Waals surface area contributed by atoms with Gasteiger partial charge in [-0.05, 0) is 49.1 Å². The highest BCUT2D eigenvalue weighted by Crippen LogP contribution is 2.48. The van der Waals surface area contributed by atoms with E-state index in [1.54, 1.807) is 0 Å². The number of rotatable bonds is 3. The van der Waals surface area contributed by atoms with Crippen LogP contribution < -0.4 is 5.73 Å². The van der Waals surface area contributed by atoms with Crippen LogP contribution in [0.2, 0.25) is 0 Å². The molecule has 4 nitrogen and oxygen atoms in total. The van der Waals surface area contributed by atoms with Gasteiger partial charge >= 0.3 is 0 Å². The lowest BCUT2D eigenvalue weighted by Gasteiger charge is -2.23. The first-order valence-electron chi connectivity index (χ1n) is 6.41. The maximum Gasteiger partial charge on any atom is 0.186 e. The van der Waals surface area contributed by atoms with Crippen LogP contribution in [0, 0.1) is 17.8 Å². The Balaban J connectivity index is 1.75. The molecule has 2 saturated carbocycles. The van der Waals surface area contributed by atoms with Crippen molar-refractivity contribution in [2.75, 3.05) is 0 Å². The van der Waals surface area contributed by atoms with E-state index in [4.69, 9.17) is 10.9 Å². The fraction of sp³-hybridized carbons (Fsp3) is 0.615. The Morgan fingerprint density at radius 2 is 2.35 bits per heavy atom. The molecule has 2 fully saturated rings. The molecule has 0 aliphatic heterocycles. The van der Waals surface area contributed by atoms with Crippen molar-refractivity contribution in [2.45, 2.75) is 32.2 Å². The first-order chi connectivity index (χ1) is 8.28. The first kappa shape index (κ1) is 10.7. The standard InChI is InChI=1S/C13H19N3O/c14-13(15-17)12-2-1-5-16(12)8-11-7-9-3-4-10(11)6-9/h1-2,5,9-11,17H,3-4,6-8H2,(H2,14,15). The van der Waals surface area contributed by atoms with Crippen molar-refractivity contribution in [3.63, 3.8) is 0 Å². The van der Waals surface area contributed by atoms with Crippen LogP contribution in [0.15, 0.2) is 23.5 Å². The van der Waals surface area contributed by atoms with E-state index >= 15 is 0 Å². The normalized spacial score (nSPS) is 32.2. The number of hydrogen-bond acceptors (Lipinski definition) is 2. The summed E-state index contributed by atoms with van der Waals surface area (Å²) in [5.74, 6) is 2.86. The van der Waals surface area contributed by atoms with Gasteiger partial charge in [0.1, 0.15) is 0 Å². The Bertz CT molecular complexity index is 438. The van der Waals surface area contributed by atoms with E-state index in [0.717, 1.165) is 30.0 Å². The lowest BCUT2D eigenvalue weighted by atomic mass is 9.89. The first-order valence-corrected chi connectivity index (χ1v) is 6.41. The number of amidine groups is 1. The van der Waals surface area contributed by atoms with Gasteiger partial charge in [0.2, 0.25) is 0 Å². The van der Waals surface area contributed by atoms with Crippen molar-refractivity contribution in [1.29, 1.82) is 0 Å². The maximum absolute atomic E-state index is 8.75. The highest BCUT2D eigenvalue weighted by molar-refractivity contribution is 5.95. The predicted molar refractivity (Wildman–Crippen MR) is 65.9 cm³/mol. The molecule has 1 aromatic heterocycles. The SMILES string of the molecule is N/C(=N/O)c1cccn1CC1CC2CCC1C2. The molecule has 17 heavy (non-hydrogen) atoms. The molecular weight excluding hydrogens is 214 g/mol. The smallest absolute Gasteiger partial charge is 0.186 e. The predicted octanol–water partition coefficient (Wildman–Crippen LogP) is 2.02. The minimum absolute atomic E-state index is 0.207. The van der Waals surface area contributed by atoms with Crippen LogP contribution in [0.25, 0.3) is 0 Å². The molecule has 1 aromatic rings. The molecule has 0 spiro atoms. The largest absolute Gasteiger partial charge is 0.409 e. The van der Waals surface area contributed by atoms with E-state index < -0.39 is 0 Å². The molecule has 1 heterocycles. The summed E-state index contributed by atoms with van der Waals surface area (Å²) >= 11 is 0. The monoisotopic (exact) mass is 233 g/mol. The van der Waals surface area contributed by atoms with Crippen molar-refractivity contribution in [2.24, 2.45) is 28.6 Å². The molecule has 2 aliphatic rings. The second-order valence-corrected chi connectivity index (χ2v) is 5.47. The van der Waals surface area contributed by atoms with Crippen LogP contribution in [-0.2, 0) is 6.54 Å². The van der Waals surface area contributed by atoms with E-state index in [2.05, 4.69) is 9.72 Å². The summed E-state index contributed by atoms with van der Waals surface area (Å²) in [6.07, 6.45) is 7.64. The van der Waals surface area contributed by atoms with Crippen LogP contribution in [-0.4, -0.2) is 15.6 Å². The van der Waals surface area contributed by atoms with Gasteiger partial charge in [0.05, 0.1) is 5.69 Å². The van der Waals surface area contributed by atoms with E-state index in [9.17, 15) is 0 Å². The lowest BCUT2D eigenvalue weighted by Crippen LogP contribution is -2.23. The fourth-order valence-corrected chi connectivity index (χ4v) is 3.71. The third-order valence-corrected chi connectivity index (χ3v) is 4.52. The fourth-order valence-electron chi connectivity index (χ4n) is 3.71. The number of nitrogens with two attached hydrogens (primary N) is 1. The van der Waals surface area contributed by atoms with E-state index in [0.29, 0.717) is 0 Å².